The quantitative estimate of drug-likeness (QED) is 0.582. The first-order valence-corrected chi connectivity index (χ1v) is 7.62. The number of pyridine rings is 1. The standard InChI is InChI=1S/C19H22N2O/c1-13(2)17-9-6-10-18(14(3)4)19(17)20-11-15-7-5-8-16(12-22)21-15/h5-14H,1-4H3/b20-11+. The van der Waals surface area contributed by atoms with Gasteiger partial charge in [-0.25, -0.2) is 4.98 Å². The summed E-state index contributed by atoms with van der Waals surface area (Å²) in [6.07, 6.45) is 2.49. The monoisotopic (exact) mass is 294 g/mol. The molecule has 0 saturated heterocycles. The molecule has 0 amide bonds. The lowest BCUT2D eigenvalue weighted by Gasteiger charge is -2.16. The van der Waals surface area contributed by atoms with E-state index in [1.54, 1.807) is 12.3 Å². The maximum atomic E-state index is 10.8. The Kier molecular flexibility index (Phi) is 5.21. The van der Waals surface area contributed by atoms with Crippen LogP contribution in [0.2, 0.25) is 0 Å². The lowest BCUT2D eigenvalue weighted by molar-refractivity contribution is 0.111. The van der Waals surface area contributed by atoms with Crippen molar-refractivity contribution in [1.29, 1.82) is 0 Å². The highest BCUT2D eigenvalue weighted by atomic mass is 16.1. The first-order valence-electron chi connectivity index (χ1n) is 7.62. The van der Waals surface area contributed by atoms with Crippen molar-refractivity contribution < 1.29 is 4.79 Å². The van der Waals surface area contributed by atoms with Crippen molar-refractivity contribution in [2.75, 3.05) is 0 Å². The van der Waals surface area contributed by atoms with Crippen LogP contribution >= 0.6 is 0 Å². The fraction of sp³-hybridized carbons (Fsp3) is 0.316. The van der Waals surface area contributed by atoms with Crippen molar-refractivity contribution in [3.63, 3.8) is 0 Å². The molecule has 0 radical (unpaired) electrons. The molecule has 1 aromatic heterocycles. The summed E-state index contributed by atoms with van der Waals surface area (Å²) in [6, 6.07) is 11.7. The molecule has 2 rings (SSSR count). The molecule has 2 aromatic rings. The summed E-state index contributed by atoms with van der Waals surface area (Å²) in [7, 11) is 0. The Hall–Kier alpha value is -2.29. The van der Waals surface area contributed by atoms with Crippen LogP contribution in [0.3, 0.4) is 0 Å². The Morgan fingerprint density at radius 3 is 2.00 bits per heavy atom. The Balaban J connectivity index is 2.46. The van der Waals surface area contributed by atoms with E-state index in [4.69, 9.17) is 4.99 Å². The highest BCUT2D eigenvalue weighted by Crippen LogP contribution is 2.34. The minimum absolute atomic E-state index is 0.403. The summed E-state index contributed by atoms with van der Waals surface area (Å²) in [4.78, 5) is 19.7. The third kappa shape index (κ3) is 3.67. The minimum atomic E-state index is 0.403. The third-order valence-electron chi connectivity index (χ3n) is 3.58. The maximum Gasteiger partial charge on any atom is 0.168 e. The molecular weight excluding hydrogens is 272 g/mol. The van der Waals surface area contributed by atoms with Gasteiger partial charge in [-0.05, 0) is 35.1 Å². The molecule has 1 heterocycles. The van der Waals surface area contributed by atoms with Crippen LogP contribution in [-0.2, 0) is 0 Å². The van der Waals surface area contributed by atoms with Crippen LogP contribution in [0.25, 0.3) is 0 Å². The van der Waals surface area contributed by atoms with Gasteiger partial charge in [0.25, 0.3) is 0 Å². The fourth-order valence-corrected chi connectivity index (χ4v) is 2.40. The SMILES string of the molecule is CC(C)c1cccc(C(C)C)c1/N=C/c1cccc(C=O)n1. The molecule has 0 aliphatic rings. The molecule has 0 unspecified atom stereocenters. The van der Waals surface area contributed by atoms with E-state index in [1.165, 1.54) is 11.1 Å². The van der Waals surface area contributed by atoms with Gasteiger partial charge in [-0.2, -0.15) is 0 Å². The summed E-state index contributed by atoms with van der Waals surface area (Å²) >= 11 is 0. The molecule has 0 bridgehead atoms. The number of carbonyl (C=O) groups is 1. The Bertz CT molecular complexity index is 661. The van der Waals surface area contributed by atoms with Gasteiger partial charge in [0, 0.05) is 0 Å². The molecule has 3 heteroatoms. The molecule has 0 aliphatic carbocycles. The molecule has 3 nitrogen and oxygen atoms in total. The average molecular weight is 294 g/mol. The van der Waals surface area contributed by atoms with E-state index in [1.807, 2.05) is 12.1 Å². The highest BCUT2D eigenvalue weighted by molar-refractivity contribution is 5.82. The van der Waals surface area contributed by atoms with E-state index in [9.17, 15) is 4.79 Å². The molecular formula is C19H22N2O. The van der Waals surface area contributed by atoms with Crippen molar-refractivity contribution in [2.24, 2.45) is 4.99 Å². The maximum absolute atomic E-state index is 10.8. The summed E-state index contributed by atoms with van der Waals surface area (Å²) in [6.45, 7) is 8.68. The number of rotatable bonds is 5. The predicted octanol–water partition coefficient (Wildman–Crippen LogP) is 4.89. The number of carbonyl (C=O) groups excluding carboxylic acids is 1. The van der Waals surface area contributed by atoms with E-state index in [2.05, 4.69) is 50.9 Å². The Morgan fingerprint density at radius 1 is 0.909 bits per heavy atom. The predicted molar refractivity (Wildman–Crippen MR) is 91.5 cm³/mol. The van der Waals surface area contributed by atoms with E-state index >= 15 is 0 Å². The van der Waals surface area contributed by atoms with Crippen LogP contribution in [0.4, 0.5) is 5.69 Å². The molecule has 0 spiro atoms. The van der Waals surface area contributed by atoms with Gasteiger partial charge in [-0.3, -0.25) is 9.79 Å². The highest BCUT2D eigenvalue weighted by Gasteiger charge is 2.12. The molecule has 0 fully saturated rings. The zero-order chi connectivity index (χ0) is 16.1. The van der Waals surface area contributed by atoms with Gasteiger partial charge in [-0.1, -0.05) is 52.0 Å². The molecule has 0 atom stereocenters. The van der Waals surface area contributed by atoms with Gasteiger partial charge in [0.1, 0.15) is 5.69 Å². The molecule has 0 aliphatic heterocycles. The van der Waals surface area contributed by atoms with Gasteiger partial charge in [-0.15, -0.1) is 0 Å². The van der Waals surface area contributed by atoms with Crippen molar-refractivity contribution in [2.45, 2.75) is 39.5 Å². The lowest BCUT2D eigenvalue weighted by atomic mass is 9.93. The number of hydrogen-bond acceptors (Lipinski definition) is 3. The van der Waals surface area contributed by atoms with Gasteiger partial charge in [0.05, 0.1) is 17.6 Å². The van der Waals surface area contributed by atoms with E-state index in [-0.39, 0.29) is 0 Å². The number of benzene rings is 1. The smallest absolute Gasteiger partial charge is 0.168 e. The van der Waals surface area contributed by atoms with Crippen molar-refractivity contribution in [1.82, 2.24) is 4.98 Å². The van der Waals surface area contributed by atoms with Crippen molar-refractivity contribution >= 4 is 18.2 Å². The van der Waals surface area contributed by atoms with Crippen LogP contribution in [-0.4, -0.2) is 17.5 Å². The van der Waals surface area contributed by atoms with Crippen LogP contribution < -0.4 is 0 Å². The average Bonchev–Trinajstić information content (AvgIpc) is 2.52. The van der Waals surface area contributed by atoms with Crippen LogP contribution in [0.15, 0.2) is 41.4 Å². The summed E-state index contributed by atoms with van der Waals surface area (Å²) < 4.78 is 0. The van der Waals surface area contributed by atoms with Gasteiger partial charge in [0.2, 0.25) is 0 Å². The summed E-state index contributed by atoms with van der Waals surface area (Å²) in [5.41, 5.74) is 4.59. The normalized spacial score (nSPS) is 11.5. The molecule has 0 saturated carbocycles. The van der Waals surface area contributed by atoms with Crippen molar-refractivity contribution in [3.05, 3.63) is 58.9 Å². The van der Waals surface area contributed by atoms with Crippen molar-refractivity contribution in [3.8, 4) is 0 Å². The van der Waals surface area contributed by atoms with Gasteiger partial charge >= 0.3 is 0 Å². The van der Waals surface area contributed by atoms with Crippen LogP contribution in [0.5, 0.6) is 0 Å². The van der Waals surface area contributed by atoms with Gasteiger partial charge in [0.15, 0.2) is 6.29 Å². The minimum Gasteiger partial charge on any atom is -0.296 e. The second-order valence-electron chi connectivity index (χ2n) is 5.96. The summed E-state index contributed by atoms with van der Waals surface area (Å²) in [5.74, 6) is 0.806. The number of aromatic nitrogens is 1. The van der Waals surface area contributed by atoms with E-state index < -0.39 is 0 Å². The molecule has 1 aromatic carbocycles. The fourth-order valence-electron chi connectivity index (χ4n) is 2.40. The molecule has 114 valence electrons. The largest absolute Gasteiger partial charge is 0.296 e. The van der Waals surface area contributed by atoms with Gasteiger partial charge < -0.3 is 0 Å². The molecule has 22 heavy (non-hydrogen) atoms. The Morgan fingerprint density at radius 2 is 1.45 bits per heavy atom. The topological polar surface area (TPSA) is 42.3 Å². The second kappa shape index (κ2) is 7.12. The number of hydrogen-bond donors (Lipinski definition) is 0. The molecule has 0 N–H and O–H groups in total. The zero-order valence-electron chi connectivity index (χ0n) is 13.6. The van der Waals surface area contributed by atoms with E-state index in [0.717, 1.165) is 12.0 Å². The lowest BCUT2D eigenvalue weighted by Crippen LogP contribution is -1.97. The number of para-hydroxylation sites is 1. The van der Waals surface area contributed by atoms with Crippen LogP contribution in [0, 0.1) is 0 Å². The first kappa shape index (κ1) is 16.1. The zero-order valence-corrected chi connectivity index (χ0v) is 13.6. The second-order valence-corrected chi connectivity index (χ2v) is 5.96. The third-order valence-corrected chi connectivity index (χ3v) is 3.58. The van der Waals surface area contributed by atoms with Crippen LogP contribution in [0.1, 0.15) is 66.8 Å². The number of nitrogens with zero attached hydrogens (tertiary/aromatic N) is 2. The summed E-state index contributed by atoms with van der Waals surface area (Å²) in [5, 5.41) is 0. The first-order chi connectivity index (χ1) is 10.5. The number of aldehydes is 1. The Labute approximate surface area is 132 Å². The van der Waals surface area contributed by atoms with E-state index in [0.29, 0.717) is 23.2 Å². The number of aliphatic imine (C=N–C) groups is 1.